The monoisotopic (exact) mass is 406 g/mol. The molecular weight excluding hydrogens is 399 g/mol. The van der Waals surface area contributed by atoms with Crippen molar-refractivity contribution in [3.8, 4) is 17.3 Å². The number of aromatic nitrogens is 1. The first-order valence-electron chi connectivity index (χ1n) is 6.97. The smallest absolute Gasteiger partial charge is 0.196 e. The molecule has 3 aromatic rings. The zero-order valence-electron chi connectivity index (χ0n) is 12.5. The normalized spacial score (nSPS) is 11.2. The van der Waals surface area contributed by atoms with Gasteiger partial charge in [-0.15, -0.1) is 11.3 Å². The summed E-state index contributed by atoms with van der Waals surface area (Å²) in [6.07, 6.45) is 0. The van der Waals surface area contributed by atoms with Gasteiger partial charge in [-0.3, -0.25) is 5.43 Å². The molecule has 0 saturated heterocycles. The molecule has 0 unspecified atom stereocenters. The number of halogens is 3. The molecule has 0 amide bonds. The van der Waals surface area contributed by atoms with E-state index in [1.807, 2.05) is 23.6 Å². The second-order valence-electron chi connectivity index (χ2n) is 4.85. The topological polar surface area (TPSA) is 61.1 Å². The maximum atomic E-state index is 9.36. The first-order valence-corrected chi connectivity index (χ1v) is 8.99. The number of hydrogen-bond donors (Lipinski definition) is 1. The highest BCUT2D eigenvalue weighted by atomic mass is 35.5. The van der Waals surface area contributed by atoms with Crippen LogP contribution in [0.3, 0.4) is 0 Å². The van der Waals surface area contributed by atoms with Gasteiger partial charge in [0.2, 0.25) is 0 Å². The third-order valence-corrected chi connectivity index (χ3v) is 4.82. The van der Waals surface area contributed by atoms with Crippen molar-refractivity contribution in [2.24, 2.45) is 5.10 Å². The van der Waals surface area contributed by atoms with Crippen molar-refractivity contribution in [1.82, 2.24) is 4.98 Å². The van der Waals surface area contributed by atoms with Crippen LogP contribution in [0.15, 0.2) is 52.9 Å². The Morgan fingerprint density at radius 2 is 1.80 bits per heavy atom. The Hall–Kier alpha value is -2.10. The molecule has 0 fully saturated rings. The highest BCUT2D eigenvalue weighted by Crippen LogP contribution is 2.26. The van der Waals surface area contributed by atoms with E-state index in [0.717, 1.165) is 11.3 Å². The summed E-state index contributed by atoms with van der Waals surface area (Å²) in [6.45, 7) is 0. The first-order chi connectivity index (χ1) is 12.1. The van der Waals surface area contributed by atoms with Gasteiger partial charge < -0.3 is 0 Å². The van der Waals surface area contributed by atoms with Crippen LogP contribution in [0, 0.1) is 11.3 Å². The van der Waals surface area contributed by atoms with Gasteiger partial charge in [-0.2, -0.15) is 10.4 Å². The number of thiazole rings is 1. The van der Waals surface area contributed by atoms with Crippen molar-refractivity contribution >= 4 is 57.5 Å². The largest absolute Gasteiger partial charge is 0.276 e. The van der Waals surface area contributed by atoms with Gasteiger partial charge in [0.05, 0.1) is 16.4 Å². The molecule has 0 aliphatic carbocycles. The van der Waals surface area contributed by atoms with Crippen LogP contribution in [-0.2, 0) is 0 Å². The predicted octanol–water partition coefficient (Wildman–Crippen LogP) is 6.11. The van der Waals surface area contributed by atoms with Crippen LogP contribution >= 0.6 is 46.1 Å². The lowest BCUT2D eigenvalue weighted by Gasteiger charge is -2.03. The second kappa shape index (κ2) is 7.85. The Morgan fingerprint density at radius 1 is 1.08 bits per heavy atom. The number of hydrazone groups is 1. The van der Waals surface area contributed by atoms with Crippen molar-refractivity contribution in [3.63, 3.8) is 0 Å². The summed E-state index contributed by atoms with van der Waals surface area (Å²) < 4.78 is 0. The van der Waals surface area contributed by atoms with Gasteiger partial charge in [0.1, 0.15) is 6.07 Å². The number of nitrogens with one attached hydrogen (secondary N) is 1. The molecule has 1 heterocycles. The van der Waals surface area contributed by atoms with Gasteiger partial charge in [0.15, 0.2) is 10.7 Å². The molecule has 0 aliphatic rings. The molecule has 1 N–H and O–H groups in total. The Labute approximate surface area is 163 Å². The first kappa shape index (κ1) is 17.7. The van der Waals surface area contributed by atoms with E-state index in [0.29, 0.717) is 25.8 Å². The van der Waals surface area contributed by atoms with Crippen LogP contribution in [0.4, 0.5) is 5.69 Å². The molecule has 0 aliphatic heterocycles. The quantitative estimate of drug-likeness (QED) is 0.419. The third-order valence-electron chi connectivity index (χ3n) is 3.17. The van der Waals surface area contributed by atoms with Crippen molar-refractivity contribution < 1.29 is 0 Å². The Morgan fingerprint density at radius 3 is 2.48 bits per heavy atom. The lowest BCUT2D eigenvalue weighted by atomic mass is 10.2. The minimum absolute atomic E-state index is 0.163. The highest BCUT2D eigenvalue weighted by molar-refractivity contribution is 7.12. The maximum absolute atomic E-state index is 9.36. The van der Waals surface area contributed by atoms with Crippen molar-refractivity contribution in [3.05, 3.63) is 67.9 Å². The van der Waals surface area contributed by atoms with E-state index in [1.54, 1.807) is 30.3 Å². The van der Waals surface area contributed by atoms with Gasteiger partial charge in [0.25, 0.3) is 0 Å². The Kier molecular flexibility index (Phi) is 5.57. The molecule has 4 nitrogen and oxygen atoms in total. The maximum Gasteiger partial charge on any atom is 0.196 e. The molecule has 0 saturated carbocycles. The Bertz CT molecular complexity index is 974. The van der Waals surface area contributed by atoms with Crippen LogP contribution in [0.2, 0.25) is 15.1 Å². The molecule has 2 aromatic carbocycles. The van der Waals surface area contributed by atoms with Gasteiger partial charge in [0, 0.05) is 21.0 Å². The van der Waals surface area contributed by atoms with E-state index in [-0.39, 0.29) is 5.71 Å². The van der Waals surface area contributed by atoms with Crippen LogP contribution in [0.25, 0.3) is 11.3 Å². The van der Waals surface area contributed by atoms with Crippen LogP contribution in [0.1, 0.15) is 5.01 Å². The number of nitrogens with zero attached hydrogens (tertiary/aromatic N) is 3. The summed E-state index contributed by atoms with van der Waals surface area (Å²) in [6, 6.07) is 14.3. The van der Waals surface area contributed by atoms with E-state index >= 15 is 0 Å². The predicted molar refractivity (Wildman–Crippen MR) is 105 cm³/mol. The molecule has 0 atom stereocenters. The zero-order valence-corrected chi connectivity index (χ0v) is 15.6. The lowest BCUT2D eigenvalue weighted by Crippen LogP contribution is -2.01. The third kappa shape index (κ3) is 4.30. The minimum Gasteiger partial charge on any atom is -0.276 e. The van der Waals surface area contributed by atoms with Crippen LogP contribution in [-0.4, -0.2) is 10.7 Å². The average Bonchev–Trinajstić information content (AvgIpc) is 3.07. The Balaban J connectivity index is 1.84. The fraction of sp³-hybridized carbons (Fsp3) is 0. The number of benzene rings is 2. The minimum atomic E-state index is 0.163. The van der Waals surface area contributed by atoms with Gasteiger partial charge in [-0.25, -0.2) is 4.98 Å². The zero-order chi connectivity index (χ0) is 17.8. The highest BCUT2D eigenvalue weighted by Gasteiger charge is 2.11. The van der Waals surface area contributed by atoms with Crippen LogP contribution < -0.4 is 5.43 Å². The van der Waals surface area contributed by atoms with Gasteiger partial charge >= 0.3 is 0 Å². The fourth-order valence-electron chi connectivity index (χ4n) is 1.95. The summed E-state index contributed by atoms with van der Waals surface area (Å²) in [4.78, 5) is 4.46. The van der Waals surface area contributed by atoms with Gasteiger partial charge in [-0.05, 0) is 30.3 Å². The molecule has 124 valence electrons. The summed E-state index contributed by atoms with van der Waals surface area (Å²) in [7, 11) is 0. The second-order valence-corrected chi connectivity index (χ2v) is 6.99. The molecule has 3 rings (SSSR count). The van der Waals surface area contributed by atoms with Crippen molar-refractivity contribution in [1.29, 1.82) is 5.26 Å². The number of hydrogen-bond acceptors (Lipinski definition) is 5. The number of nitriles is 1. The fourth-order valence-corrected chi connectivity index (χ4v) is 3.30. The molecular formula is C17H9Cl3N4S. The standard InChI is InChI=1S/C17H9Cl3N4S/c18-11-3-1-10(2-4-11)16-9-25-17(22-16)15(8-21)24-23-14-6-5-12(19)7-13(14)20/h1-7,9,23H/b24-15-. The van der Waals surface area contributed by atoms with E-state index < -0.39 is 0 Å². The van der Waals surface area contributed by atoms with Crippen molar-refractivity contribution in [2.45, 2.75) is 0 Å². The molecule has 8 heteroatoms. The average molecular weight is 408 g/mol. The summed E-state index contributed by atoms with van der Waals surface area (Å²) in [5, 5.41) is 17.4. The van der Waals surface area contributed by atoms with Crippen molar-refractivity contribution in [2.75, 3.05) is 5.43 Å². The summed E-state index contributed by atoms with van der Waals surface area (Å²) in [5.74, 6) is 0. The molecule has 0 radical (unpaired) electrons. The number of rotatable bonds is 4. The summed E-state index contributed by atoms with van der Waals surface area (Å²) >= 11 is 19.2. The SMILES string of the molecule is N#C/C(=N/Nc1ccc(Cl)cc1Cl)c1nc(-c2ccc(Cl)cc2)cs1. The van der Waals surface area contributed by atoms with Crippen LogP contribution in [0.5, 0.6) is 0 Å². The molecule has 0 bridgehead atoms. The molecule has 1 aromatic heterocycles. The van der Waals surface area contributed by atoms with E-state index in [2.05, 4.69) is 15.5 Å². The van der Waals surface area contributed by atoms with E-state index in [4.69, 9.17) is 34.8 Å². The van der Waals surface area contributed by atoms with Gasteiger partial charge in [-0.1, -0.05) is 46.9 Å². The number of anilines is 1. The van der Waals surface area contributed by atoms with E-state index in [1.165, 1.54) is 11.3 Å². The molecule has 0 spiro atoms. The summed E-state index contributed by atoms with van der Waals surface area (Å²) in [5.41, 5.74) is 5.15. The lowest BCUT2D eigenvalue weighted by molar-refractivity contribution is 1.31. The van der Waals surface area contributed by atoms with E-state index in [9.17, 15) is 5.26 Å². The molecule has 25 heavy (non-hydrogen) atoms.